The van der Waals surface area contributed by atoms with E-state index in [1.807, 2.05) is 69.3 Å². The number of pyridine rings is 1. The van der Waals surface area contributed by atoms with E-state index in [4.69, 9.17) is 9.47 Å². The third-order valence-corrected chi connectivity index (χ3v) is 6.37. The predicted molar refractivity (Wildman–Crippen MR) is 153 cm³/mol. The van der Waals surface area contributed by atoms with Crippen LogP contribution in [0.2, 0.25) is 0 Å². The first-order valence-electron chi connectivity index (χ1n) is 13.0. The topological polar surface area (TPSA) is 80.4 Å². The number of carbonyl (C=O) groups excluding carboxylic acids is 1. The lowest BCUT2D eigenvalue weighted by molar-refractivity contribution is 0.102. The Labute approximate surface area is 223 Å². The van der Waals surface area contributed by atoms with Gasteiger partial charge in [-0.3, -0.25) is 9.59 Å². The second kappa shape index (κ2) is 12.3. The fraction of sp³-hybridized carbons (Fsp3) is 0.250. The Morgan fingerprint density at radius 2 is 1.42 bits per heavy atom. The number of amides is 1. The molecule has 0 saturated heterocycles. The third-order valence-electron chi connectivity index (χ3n) is 6.37. The molecule has 1 amide bonds. The van der Waals surface area contributed by atoms with Gasteiger partial charge < -0.3 is 19.8 Å². The van der Waals surface area contributed by atoms with Crippen LogP contribution in [0.4, 0.5) is 5.69 Å². The van der Waals surface area contributed by atoms with E-state index in [-0.39, 0.29) is 5.56 Å². The van der Waals surface area contributed by atoms with Crippen LogP contribution in [0.5, 0.6) is 11.5 Å². The number of H-pyrrole nitrogens is 1. The van der Waals surface area contributed by atoms with Crippen LogP contribution in [0.25, 0.3) is 22.4 Å². The van der Waals surface area contributed by atoms with Crippen molar-refractivity contribution in [2.75, 3.05) is 18.5 Å². The predicted octanol–water partition coefficient (Wildman–Crippen LogP) is 7.16. The van der Waals surface area contributed by atoms with E-state index in [0.29, 0.717) is 35.9 Å². The summed E-state index contributed by atoms with van der Waals surface area (Å²) < 4.78 is 11.3. The summed E-state index contributed by atoms with van der Waals surface area (Å²) in [5.41, 5.74) is 5.02. The van der Waals surface area contributed by atoms with Gasteiger partial charge in [-0.2, -0.15) is 0 Å². The van der Waals surface area contributed by atoms with Crippen molar-refractivity contribution in [2.24, 2.45) is 0 Å². The number of carbonyl (C=O) groups is 1. The molecular formula is C32H34N2O4. The smallest absolute Gasteiger partial charge is 0.261 e. The molecule has 0 unspecified atom stereocenters. The summed E-state index contributed by atoms with van der Waals surface area (Å²) in [4.78, 5) is 29.9. The van der Waals surface area contributed by atoms with Crippen molar-refractivity contribution in [3.8, 4) is 33.9 Å². The highest BCUT2D eigenvalue weighted by atomic mass is 16.5. The normalized spacial score (nSPS) is 10.7. The molecule has 0 aliphatic rings. The van der Waals surface area contributed by atoms with Gasteiger partial charge in [0.25, 0.3) is 11.5 Å². The minimum Gasteiger partial charge on any atom is -0.494 e. The van der Waals surface area contributed by atoms with Gasteiger partial charge in [0.1, 0.15) is 17.1 Å². The lowest BCUT2D eigenvalue weighted by Crippen LogP contribution is -2.26. The number of rotatable bonds is 10. The Morgan fingerprint density at radius 1 is 0.816 bits per heavy atom. The van der Waals surface area contributed by atoms with E-state index in [0.717, 1.165) is 40.8 Å². The summed E-state index contributed by atoms with van der Waals surface area (Å²) in [6.07, 6.45) is 2.06. The number of aromatic amines is 1. The highest BCUT2D eigenvalue weighted by Crippen LogP contribution is 2.33. The number of benzene rings is 3. The standard InChI is InChI=1S/C32H34N2O4/c1-5-7-20-38-27-16-12-24(13-17-27)30-22(4)28(23-10-8-21(3)9-11-23)29(32(36)34-30)31(35)33-25-14-18-26(19-15-25)37-6-2/h8-19H,5-7,20H2,1-4H3,(H,33,35)(H,34,36). The summed E-state index contributed by atoms with van der Waals surface area (Å²) in [7, 11) is 0. The number of hydrogen-bond donors (Lipinski definition) is 2. The van der Waals surface area contributed by atoms with Gasteiger partial charge >= 0.3 is 0 Å². The second-order valence-electron chi connectivity index (χ2n) is 9.21. The number of nitrogens with one attached hydrogen (secondary N) is 2. The molecule has 0 aliphatic carbocycles. The summed E-state index contributed by atoms with van der Waals surface area (Å²) in [5, 5.41) is 2.88. The molecule has 0 radical (unpaired) electrons. The first kappa shape index (κ1) is 26.7. The number of aryl methyl sites for hydroxylation is 1. The Bertz CT molecular complexity index is 1440. The lowest BCUT2D eigenvalue weighted by Gasteiger charge is -2.17. The Hall–Kier alpha value is -4.32. The molecule has 6 heteroatoms. The minimum atomic E-state index is -0.472. The van der Waals surface area contributed by atoms with Gasteiger partial charge in [0.05, 0.1) is 18.9 Å². The molecule has 0 aliphatic heterocycles. The van der Waals surface area contributed by atoms with Gasteiger partial charge in [-0.1, -0.05) is 43.2 Å². The van der Waals surface area contributed by atoms with Crippen molar-refractivity contribution < 1.29 is 14.3 Å². The zero-order valence-electron chi connectivity index (χ0n) is 22.4. The van der Waals surface area contributed by atoms with Crippen LogP contribution in [0.1, 0.15) is 48.2 Å². The van der Waals surface area contributed by atoms with Gasteiger partial charge in [-0.25, -0.2) is 0 Å². The molecule has 6 nitrogen and oxygen atoms in total. The summed E-state index contributed by atoms with van der Waals surface area (Å²) in [5.74, 6) is 1.03. The Balaban J connectivity index is 1.75. The average molecular weight is 511 g/mol. The van der Waals surface area contributed by atoms with Crippen LogP contribution in [0, 0.1) is 13.8 Å². The quantitative estimate of drug-likeness (QED) is 0.222. The zero-order valence-corrected chi connectivity index (χ0v) is 22.4. The highest BCUT2D eigenvalue weighted by Gasteiger charge is 2.23. The summed E-state index contributed by atoms with van der Waals surface area (Å²) in [6.45, 7) is 9.20. The SMILES string of the molecule is CCCCOc1ccc(-c2[nH]c(=O)c(C(=O)Nc3ccc(OCC)cc3)c(-c3ccc(C)cc3)c2C)cc1. The number of hydrogen-bond acceptors (Lipinski definition) is 4. The van der Waals surface area contributed by atoms with Crippen molar-refractivity contribution in [3.05, 3.63) is 99.8 Å². The fourth-order valence-corrected chi connectivity index (χ4v) is 4.33. The van der Waals surface area contributed by atoms with Gasteiger partial charge in [0.15, 0.2) is 0 Å². The molecule has 0 saturated carbocycles. The van der Waals surface area contributed by atoms with Crippen LogP contribution >= 0.6 is 0 Å². The van der Waals surface area contributed by atoms with Crippen LogP contribution in [0.15, 0.2) is 77.6 Å². The molecule has 0 atom stereocenters. The van der Waals surface area contributed by atoms with E-state index in [1.165, 1.54) is 0 Å². The van der Waals surface area contributed by atoms with Gasteiger partial charge in [0.2, 0.25) is 0 Å². The number of ether oxygens (including phenoxy) is 2. The molecule has 4 aromatic rings. The maximum Gasteiger partial charge on any atom is 0.261 e. The van der Waals surface area contributed by atoms with Crippen molar-refractivity contribution in [2.45, 2.75) is 40.5 Å². The largest absolute Gasteiger partial charge is 0.494 e. The first-order chi connectivity index (χ1) is 18.4. The lowest BCUT2D eigenvalue weighted by atomic mass is 9.92. The maximum absolute atomic E-state index is 13.5. The van der Waals surface area contributed by atoms with Crippen LogP contribution in [0.3, 0.4) is 0 Å². The molecule has 2 N–H and O–H groups in total. The van der Waals surface area contributed by atoms with Crippen molar-refractivity contribution in [3.63, 3.8) is 0 Å². The van der Waals surface area contributed by atoms with Crippen molar-refractivity contribution in [1.82, 2.24) is 4.98 Å². The average Bonchev–Trinajstić information content (AvgIpc) is 2.92. The molecule has 0 fully saturated rings. The summed E-state index contributed by atoms with van der Waals surface area (Å²) >= 11 is 0. The van der Waals surface area contributed by atoms with E-state index in [9.17, 15) is 9.59 Å². The molecule has 38 heavy (non-hydrogen) atoms. The molecule has 3 aromatic carbocycles. The maximum atomic E-state index is 13.5. The van der Waals surface area contributed by atoms with Gasteiger partial charge in [-0.05, 0) is 92.4 Å². The molecule has 1 aromatic heterocycles. The second-order valence-corrected chi connectivity index (χ2v) is 9.21. The third kappa shape index (κ3) is 6.14. The van der Waals surface area contributed by atoms with Gasteiger partial charge in [0, 0.05) is 11.3 Å². The van der Waals surface area contributed by atoms with E-state index in [2.05, 4.69) is 17.2 Å². The van der Waals surface area contributed by atoms with Crippen LogP contribution in [-0.4, -0.2) is 24.1 Å². The number of anilines is 1. The number of aromatic nitrogens is 1. The molecule has 0 bridgehead atoms. The fourth-order valence-electron chi connectivity index (χ4n) is 4.33. The van der Waals surface area contributed by atoms with E-state index in [1.54, 1.807) is 24.3 Å². The molecule has 0 spiro atoms. The zero-order chi connectivity index (χ0) is 27.1. The van der Waals surface area contributed by atoms with Crippen LogP contribution < -0.4 is 20.3 Å². The molecular weight excluding hydrogens is 476 g/mol. The van der Waals surface area contributed by atoms with Crippen molar-refractivity contribution in [1.29, 1.82) is 0 Å². The Kier molecular flexibility index (Phi) is 8.64. The monoisotopic (exact) mass is 510 g/mol. The molecule has 4 rings (SSSR count). The van der Waals surface area contributed by atoms with E-state index < -0.39 is 11.5 Å². The van der Waals surface area contributed by atoms with Crippen molar-refractivity contribution >= 4 is 11.6 Å². The first-order valence-corrected chi connectivity index (χ1v) is 13.0. The summed E-state index contributed by atoms with van der Waals surface area (Å²) in [6, 6.07) is 22.6. The molecule has 1 heterocycles. The van der Waals surface area contributed by atoms with E-state index >= 15 is 0 Å². The van der Waals surface area contributed by atoms with Crippen LogP contribution in [-0.2, 0) is 0 Å². The Morgan fingerprint density at radius 3 is 2.05 bits per heavy atom. The minimum absolute atomic E-state index is 0.0727. The highest BCUT2D eigenvalue weighted by molar-refractivity contribution is 6.09. The van der Waals surface area contributed by atoms with Gasteiger partial charge in [-0.15, -0.1) is 0 Å². The molecule has 196 valence electrons. The number of unbranched alkanes of at least 4 members (excludes halogenated alkanes) is 1.